The fourth-order valence-electron chi connectivity index (χ4n) is 2.79. The maximum absolute atomic E-state index is 10.6. The Balaban J connectivity index is 1.94. The second-order valence-corrected chi connectivity index (χ2v) is 6.59. The van der Waals surface area contributed by atoms with Crippen LogP contribution in [0.3, 0.4) is 0 Å². The van der Waals surface area contributed by atoms with E-state index in [4.69, 9.17) is 19.3 Å². The van der Waals surface area contributed by atoms with Crippen LogP contribution in [0, 0.1) is 0 Å². The lowest BCUT2D eigenvalue weighted by Crippen LogP contribution is -2.27. The smallest absolute Gasteiger partial charge is 0.118 e. The van der Waals surface area contributed by atoms with Gasteiger partial charge in [0, 0.05) is 0 Å². The van der Waals surface area contributed by atoms with Crippen molar-refractivity contribution >= 4 is 0 Å². The number of hydrogen-bond acceptors (Lipinski definition) is 5. The van der Waals surface area contributed by atoms with E-state index in [2.05, 4.69) is 13.0 Å². The van der Waals surface area contributed by atoms with Gasteiger partial charge in [-0.25, -0.2) is 0 Å². The summed E-state index contributed by atoms with van der Waals surface area (Å²) in [5.41, 5.74) is 2.29. The van der Waals surface area contributed by atoms with E-state index < -0.39 is 12.2 Å². The average molecular weight is 374 g/mol. The van der Waals surface area contributed by atoms with Gasteiger partial charge in [0.1, 0.15) is 5.75 Å². The van der Waals surface area contributed by atoms with Crippen LogP contribution in [0.15, 0.2) is 60.2 Å². The Morgan fingerprint density at radius 3 is 2.70 bits per heavy atom. The molecule has 1 aliphatic heterocycles. The van der Waals surface area contributed by atoms with Crippen molar-refractivity contribution in [2.45, 2.75) is 44.7 Å². The molecule has 1 aliphatic rings. The maximum atomic E-state index is 10.6. The monoisotopic (exact) mass is 374 g/mol. The van der Waals surface area contributed by atoms with E-state index in [1.165, 1.54) is 5.57 Å². The Labute approximate surface area is 161 Å². The van der Waals surface area contributed by atoms with Gasteiger partial charge in [0.25, 0.3) is 0 Å². The first kappa shape index (κ1) is 21.4. The van der Waals surface area contributed by atoms with Crippen LogP contribution in [0.25, 0.3) is 0 Å². The van der Waals surface area contributed by atoms with Gasteiger partial charge >= 0.3 is 0 Å². The molecule has 0 amide bonds. The van der Waals surface area contributed by atoms with E-state index in [-0.39, 0.29) is 12.7 Å². The van der Waals surface area contributed by atoms with E-state index in [1.807, 2.05) is 36.4 Å². The molecule has 0 aliphatic carbocycles. The SMILES string of the molecule is COc1ccc(CO[C@@H](C/C=C/CO)[C@@H](O)/C=C/[C@@H]2CC(C)=CCO2)cc1. The van der Waals surface area contributed by atoms with Gasteiger partial charge in [-0.3, -0.25) is 0 Å². The minimum absolute atomic E-state index is 0.0140. The normalized spacial score (nSPS) is 20.0. The average Bonchev–Trinajstić information content (AvgIpc) is 2.69. The van der Waals surface area contributed by atoms with Crippen LogP contribution in [0.1, 0.15) is 25.3 Å². The lowest BCUT2D eigenvalue weighted by Gasteiger charge is -2.22. The maximum Gasteiger partial charge on any atom is 0.118 e. The molecule has 0 aromatic heterocycles. The zero-order valence-corrected chi connectivity index (χ0v) is 16.1. The van der Waals surface area contributed by atoms with Gasteiger partial charge in [0.15, 0.2) is 0 Å². The molecule has 1 aromatic carbocycles. The number of hydrogen-bond donors (Lipinski definition) is 2. The molecule has 0 saturated heterocycles. The molecule has 0 spiro atoms. The van der Waals surface area contributed by atoms with Crippen LogP contribution in [0.5, 0.6) is 5.75 Å². The fourth-order valence-corrected chi connectivity index (χ4v) is 2.79. The van der Waals surface area contributed by atoms with Gasteiger partial charge < -0.3 is 24.4 Å². The topological polar surface area (TPSA) is 68.2 Å². The van der Waals surface area contributed by atoms with Crippen LogP contribution in [-0.4, -0.2) is 48.8 Å². The van der Waals surface area contributed by atoms with Gasteiger partial charge in [-0.2, -0.15) is 0 Å². The van der Waals surface area contributed by atoms with Crippen molar-refractivity contribution in [3.05, 3.63) is 65.8 Å². The largest absolute Gasteiger partial charge is 0.497 e. The molecule has 0 unspecified atom stereocenters. The Bertz CT molecular complexity index is 633. The summed E-state index contributed by atoms with van der Waals surface area (Å²) in [4.78, 5) is 0. The zero-order valence-electron chi connectivity index (χ0n) is 16.1. The number of aliphatic hydroxyl groups is 2. The fraction of sp³-hybridized carbons (Fsp3) is 0.455. The molecular weight excluding hydrogens is 344 g/mol. The van der Waals surface area contributed by atoms with E-state index in [1.54, 1.807) is 19.3 Å². The van der Waals surface area contributed by atoms with Gasteiger partial charge in [0.05, 0.1) is 45.2 Å². The Hall–Kier alpha value is -1.92. The standard InChI is InChI=1S/C22H30O5/c1-17-12-14-26-20(15-17)10-11-21(24)22(5-3-4-13-23)27-16-18-6-8-19(25-2)9-7-18/h3-4,6-12,20-24H,5,13-16H2,1-2H3/b4-3+,11-10+/t20-,21+,22+/m1/s1. The zero-order chi connectivity index (χ0) is 19.5. The molecule has 5 nitrogen and oxygen atoms in total. The van der Waals surface area contributed by atoms with Crippen LogP contribution in [-0.2, 0) is 16.1 Å². The molecule has 2 rings (SSSR count). The molecule has 0 fully saturated rings. The Kier molecular flexibility index (Phi) is 9.28. The van der Waals surface area contributed by atoms with Gasteiger partial charge in [0.2, 0.25) is 0 Å². The highest BCUT2D eigenvalue weighted by Gasteiger charge is 2.18. The van der Waals surface area contributed by atoms with Crippen molar-refractivity contribution < 1.29 is 24.4 Å². The van der Waals surface area contributed by atoms with Crippen molar-refractivity contribution in [2.75, 3.05) is 20.3 Å². The molecule has 0 radical (unpaired) electrons. The molecule has 5 heteroatoms. The molecule has 1 heterocycles. The highest BCUT2D eigenvalue weighted by molar-refractivity contribution is 5.26. The molecule has 2 N–H and O–H groups in total. The minimum atomic E-state index is -0.763. The van der Waals surface area contributed by atoms with Crippen LogP contribution in [0.2, 0.25) is 0 Å². The van der Waals surface area contributed by atoms with Crippen molar-refractivity contribution in [1.82, 2.24) is 0 Å². The first-order valence-corrected chi connectivity index (χ1v) is 9.26. The lowest BCUT2D eigenvalue weighted by atomic mass is 10.0. The highest BCUT2D eigenvalue weighted by atomic mass is 16.5. The quantitative estimate of drug-likeness (QED) is 0.616. The molecule has 27 heavy (non-hydrogen) atoms. The van der Waals surface area contributed by atoms with E-state index in [0.717, 1.165) is 17.7 Å². The molecule has 148 valence electrons. The Morgan fingerprint density at radius 1 is 1.26 bits per heavy atom. The number of ether oxygens (including phenoxy) is 3. The second-order valence-electron chi connectivity index (χ2n) is 6.59. The van der Waals surface area contributed by atoms with Crippen molar-refractivity contribution in [3.63, 3.8) is 0 Å². The summed E-state index contributed by atoms with van der Waals surface area (Å²) in [7, 11) is 1.63. The van der Waals surface area contributed by atoms with Crippen molar-refractivity contribution in [2.24, 2.45) is 0 Å². The minimum Gasteiger partial charge on any atom is -0.497 e. The van der Waals surface area contributed by atoms with E-state index in [9.17, 15) is 5.11 Å². The first-order valence-electron chi connectivity index (χ1n) is 9.26. The summed E-state index contributed by atoms with van der Waals surface area (Å²) < 4.78 is 16.8. The Morgan fingerprint density at radius 2 is 2.04 bits per heavy atom. The van der Waals surface area contributed by atoms with Crippen LogP contribution in [0.4, 0.5) is 0 Å². The van der Waals surface area contributed by atoms with Gasteiger partial charge in [-0.05, 0) is 37.5 Å². The molecule has 0 saturated carbocycles. The van der Waals surface area contributed by atoms with E-state index in [0.29, 0.717) is 19.6 Å². The van der Waals surface area contributed by atoms with Crippen LogP contribution < -0.4 is 4.74 Å². The van der Waals surface area contributed by atoms with Crippen LogP contribution >= 0.6 is 0 Å². The predicted molar refractivity (Wildman–Crippen MR) is 106 cm³/mol. The van der Waals surface area contributed by atoms with Crippen molar-refractivity contribution in [1.29, 1.82) is 0 Å². The number of aliphatic hydroxyl groups excluding tert-OH is 2. The molecule has 0 bridgehead atoms. The summed E-state index contributed by atoms with van der Waals surface area (Å²) in [5.74, 6) is 0.793. The molecular formula is C22H30O5. The first-order chi connectivity index (χ1) is 13.1. The summed E-state index contributed by atoms with van der Waals surface area (Å²) in [6, 6.07) is 7.64. The lowest BCUT2D eigenvalue weighted by molar-refractivity contribution is -0.0251. The summed E-state index contributed by atoms with van der Waals surface area (Å²) in [5, 5.41) is 19.5. The summed E-state index contributed by atoms with van der Waals surface area (Å²) in [6.45, 7) is 3.04. The number of methoxy groups -OCH3 is 1. The number of rotatable bonds is 10. The van der Waals surface area contributed by atoms with Crippen molar-refractivity contribution in [3.8, 4) is 5.75 Å². The van der Waals surface area contributed by atoms with Gasteiger partial charge in [-0.15, -0.1) is 0 Å². The number of benzene rings is 1. The third kappa shape index (κ3) is 7.69. The predicted octanol–water partition coefficient (Wildman–Crippen LogP) is 3.17. The third-order valence-electron chi connectivity index (χ3n) is 4.43. The third-order valence-corrected chi connectivity index (χ3v) is 4.43. The van der Waals surface area contributed by atoms with Gasteiger partial charge in [-0.1, -0.05) is 48.1 Å². The molecule has 3 atom stereocenters. The summed E-state index contributed by atoms with van der Waals surface area (Å²) >= 11 is 0. The molecule has 1 aromatic rings. The van der Waals surface area contributed by atoms with E-state index >= 15 is 0 Å². The summed E-state index contributed by atoms with van der Waals surface area (Å²) in [6.07, 6.45) is 9.35. The second kappa shape index (κ2) is 11.7. The highest BCUT2D eigenvalue weighted by Crippen LogP contribution is 2.18.